The minimum atomic E-state index is -3.67. The number of hydrogen-bond donors (Lipinski definition) is 1. The molecular weight excluding hydrogens is 322 g/mol. The normalized spacial score (nSPS) is 11.3. The van der Waals surface area contributed by atoms with Gasteiger partial charge in [0.2, 0.25) is 0 Å². The predicted octanol–water partition coefficient (Wildman–Crippen LogP) is 4.16. The third-order valence-electron chi connectivity index (χ3n) is 3.27. The number of anilines is 1. The van der Waals surface area contributed by atoms with Crippen molar-refractivity contribution >= 4 is 27.3 Å². The largest absolute Gasteiger partial charge is 0.494 e. The average molecular weight is 340 g/mol. The zero-order valence-electron chi connectivity index (χ0n) is 12.7. The van der Waals surface area contributed by atoms with E-state index in [9.17, 15) is 8.42 Å². The second-order valence-corrected chi connectivity index (χ2v) is 6.97. The summed E-state index contributed by atoms with van der Waals surface area (Å²) in [6.45, 7) is 6.00. The number of ether oxygens (including phenoxy) is 1. The summed E-state index contributed by atoms with van der Waals surface area (Å²) in [5.74, 6) is 0.681. The van der Waals surface area contributed by atoms with Gasteiger partial charge in [0.05, 0.1) is 17.2 Å². The summed E-state index contributed by atoms with van der Waals surface area (Å²) in [6, 6.07) is 9.89. The molecule has 0 aliphatic rings. The highest BCUT2D eigenvalue weighted by Gasteiger charge is 2.17. The third kappa shape index (κ3) is 3.54. The molecule has 0 spiro atoms. The third-order valence-corrected chi connectivity index (χ3v) is 5.04. The van der Waals surface area contributed by atoms with E-state index in [2.05, 4.69) is 4.72 Å². The Kier molecular flexibility index (Phi) is 4.98. The number of halogens is 1. The number of hydrogen-bond acceptors (Lipinski definition) is 3. The van der Waals surface area contributed by atoms with Crippen molar-refractivity contribution in [2.75, 3.05) is 11.3 Å². The number of nitrogens with one attached hydrogen (secondary N) is 1. The molecular formula is C16H18ClNO3S. The Bertz CT molecular complexity index is 788. The van der Waals surface area contributed by atoms with Crippen LogP contribution in [0.4, 0.5) is 5.69 Å². The van der Waals surface area contributed by atoms with E-state index in [0.29, 0.717) is 28.6 Å². The first-order chi connectivity index (χ1) is 10.3. The molecule has 0 aliphatic heterocycles. The van der Waals surface area contributed by atoms with Crippen LogP contribution in [-0.2, 0) is 10.0 Å². The second kappa shape index (κ2) is 6.58. The van der Waals surface area contributed by atoms with Crippen molar-refractivity contribution < 1.29 is 13.2 Å². The van der Waals surface area contributed by atoms with Gasteiger partial charge in [0.15, 0.2) is 0 Å². The van der Waals surface area contributed by atoms with E-state index in [1.165, 1.54) is 6.07 Å². The Morgan fingerprint density at radius 1 is 1.18 bits per heavy atom. The topological polar surface area (TPSA) is 55.4 Å². The van der Waals surface area contributed by atoms with Gasteiger partial charge in [0.1, 0.15) is 5.75 Å². The Morgan fingerprint density at radius 2 is 1.91 bits per heavy atom. The number of sulfonamides is 1. The minimum Gasteiger partial charge on any atom is -0.494 e. The smallest absolute Gasteiger partial charge is 0.261 e. The molecule has 0 bridgehead atoms. The molecule has 0 atom stereocenters. The van der Waals surface area contributed by atoms with Crippen LogP contribution in [0, 0.1) is 13.8 Å². The summed E-state index contributed by atoms with van der Waals surface area (Å²) < 4.78 is 33.0. The molecule has 0 aliphatic carbocycles. The van der Waals surface area contributed by atoms with Crippen LogP contribution in [-0.4, -0.2) is 15.0 Å². The van der Waals surface area contributed by atoms with Crippen LogP contribution in [0.15, 0.2) is 41.3 Å². The van der Waals surface area contributed by atoms with Gasteiger partial charge in [0, 0.05) is 5.02 Å². The van der Waals surface area contributed by atoms with Crippen LogP contribution in [0.5, 0.6) is 5.75 Å². The maximum atomic E-state index is 12.5. The maximum Gasteiger partial charge on any atom is 0.261 e. The number of benzene rings is 2. The van der Waals surface area contributed by atoms with E-state index in [0.717, 1.165) is 5.56 Å². The lowest BCUT2D eigenvalue weighted by molar-refractivity contribution is 0.337. The zero-order valence-corrected chi connectivity index (χ0v) is 14.3. The van der Waals surface area contributed by atoms with E-state index >= 15 is 0 Å². The van der Waals surface area contributed by atoms with Gasteiger partial charge in [0.25, 0.3) is 10.0 Å². The summed E-state index contributed by atoms with van der Waals surface area (Å²) >= 11 is 6.02. The number of aryl methyl sites for hydroxylation is 1. The first-order valence-corrected chi connectivity index (χ1v) is 8.72. The molecule has 2 aromatic rings. The molecule has 0 amide bonds. The Morgan fingerprint density at radius 3 is 2.55 bits per heavy atom. The van der Waals surface area contributed by atoms with Crippen LogP contribution in [0.1, 0.15) is 18.1 Å². The average Bonchev–Trinajstić information content (AvgIpc) is 2.46. The lowest BCUT2D eigenvalue weighted by Crippen LogP contribution is -2.14. The van der Waals surface area contributed by atoms with Gasteiger partial charge in [-0.25, -0.2) is 8.42 Å². The van der Waals surface area contributed by atoms with Crippen LogP contribution < -0.4 is 9.46 Å². The van der Waals surface area contributed by atoms with Crippen LogP contribution >= 0.6 is 11.6 Å². The molecule has 0 fully saturated rings. The summed E-state index contributed by atoms with van der Waals surface area (Å²) in [7, 11) is -3.67. The molecule has 2 rings (SSSR count). The van der Waals surface area contributed by atoms with Gasteiger partial charge in [-0.3, -0.25) is 4.72 Å². The molecule has 22 heavy (non-hydrogen) atoms. The molecule has 4 nitrogen and oxygen atoms in total. The van der Waals surface area contributed by atoms with Crippen LogP contribution in [0.3, 0.4) is 0 Å². The fraction of sp³-hybridized carbons (Fsp3) is 0.250. The monoisotopic (exact) mass is 339 g/mol. The standard InChI is InChI=1S/C16H18ClNO3S/c1-4-21-16-9-8-13(10-11(16)2)22(19,20)18-15-7-5-6-14(17)12(15)3/h5-10,18H,4H2,1-3H3. The summed E-state index contributed by atoms with van der Waals surface area (Å²) in [5, 5.41) is 0.517. The van der Waals surface area contributed by atoms with E-state index in [-0.39, 0.29) is 4.90 Å². The Hall–Kier alpha value is -1.72. The molecule has 0 saturated carbocycles. The first-order valence-electron chi connectivity index (χ1n) is 6.86. The number of rotatable bonds is 5. The molecule has 0 radical (unpaired) electrons. The van der Waals surface area contributed by atoms with Gasteiger partial charge < -0.3 is 4.74 Å². The predicted molar refractivity (Wildman–Crippen MR) is 89.3 cm³/mol. The highest BCUT2D eigenvalue weighted by atomic mass is 35.5. The van der Waals surface area contributed by atoms with Crippen molar-refractivity contribution in [3.63, 3.8) is 0 Å². The molecule has 0 saturated heterocycles. The minimum absolute atomic E-state index is 0.188. The zero-order chi connectivity index (χ0) is 16.3. The van der Waals surface area contributed by atoms with Gasteiger partial charge in [-0.2, -0.15) is 0 Å². The fourth-order valence-electron chi connectivity index (χ4n) is 2.03. The van der Waals surface area contributed by atoms with Gasteiger partial charge >= 0.3 is 0 Å². The van der Waals surface area contributed by atoms with E-state index in [1.54, 1.807) is 37.3 Å². The Balaban J connectivity index is 2.35. The molecule has 2 aromatic carbocycles. The highest BCUT2D eigenvalue weighted by Crippen LogP contribution is 2.27. The molecule has 0 unspecified atom stereocenters. The first kappa shape index (κ1) is 16.6. The fourth-order valence-corrected chi connectivity index (χ4v) is 3.41. The van der Waals surface area contributed by atoms with Crippen molar-refractivity contribution in [3.05, 3.63) is 52.5 Å². The van der Waals surface area contributed by atoms with E-state index in [1.807, 2.05) is 13.8 Å². The van der Waals surface area contributed by atoms with Gasteiger partial charge in [-0.05, 0) is 62.2 Å². The molecule has 118 valence electrons. The summed E-state index contributed by atoms with van der Waals surface area (Å²) in [6.07, 6.45) is 0. The van der Waals surface area contributed by atoms with Crippen molar-refractivity contribution in [2.24, 2.45) is 0 Å². The van der Waals surface area contributed by atoms with Crippen LogP contribution in [0.25, 0.3) is 0 Å². The van der Waals surface area contributed by atoms with E-state index in [4.69, 9.17) is 16.3 Å². The molecule has 0 heterocycles. The molecule has 6 heteroatoms. The Labute approximate surface area is 136 Å². The summed E-state index contributed by atoms with van der Waals surface area (Å²) in [5.41, 5.74) is 1.93. The van der Waals surface area contributed by atoms with Gasteiger partial charge in [-0.1, -0.05) is 17.7 Å². The summed E-state index contributed by atoms with van der Waals surface area (Å²) in [4.78, 5) is 0.188. The lowest BCUT2D eigenvalue weighted by atomic mass is 10.2. The quantitative estimate of drug-likeness (QED) is 0.890. The highest BCUT2D eigenvalue weighted by molar-refractivity contribution is 7.92. The van der Waals surface area contributed by atoms with Crippen molar-refractivity contribution in [3.8, 4) is 5.75 Å². The van der Waals surface area contributed by atoms with Crippen molar-refractivity contribution in [2.45, 2.75) is 25.7 Å². The maximum absolute atomic E-state index is 12.5. The molecule has 1 N–H and O–H groups in total. The lowest BCUT2D eigenvalue weighted by Gasteiger charge is -2.13. The second-order valence-electron chi connectivity index (χ2n) is 4.88. The SMILES string of the molecule is CCOc1ccc(S(=O)(=O)Nc2cccc(Cl)c2C)cc1C. The van der Waals surface area contributed by atoms with Crippen molar-refractivity contribution in [1.82, 2.24) is 0 Å². The van der Waals surface area contributed by atoms with Gasteiger partial charge in [-0.15, -0.1) is 0 Å². The van der Waals surface area contributed by atoms with Crippen molar-refractivity contribution in [1.29, 1.82) is 0 Å². The van der Waals surface area contributed by atoms with E-state index < -0.39 is 10.0 Å². The van der Waals surface area contributed by atoms with Crippen LogP contribution in [0.2, 0.25) is 5.02 Å². The molecule has 0 aromatic heterocycles.